The van der Waals surface area contributed by atoms with Gasteiger partial charge in [0.15, 0.2) is 0 Å². The number of aliphatic hydroxyl groups excluding tert-OH is 1. The molecule has 0 spiro atoms. The van der Waals surface area contributed by atoms with E-state index in [1.807, 2.05) is 0 Å². The Labute approximate surface area is 100 Å². The van der Waals surface area contributed by atoms with Gasteiger partial charge in [0.25, 0.3) is 5.91 Å². The summed E-state index contributed by atoms with van der Waals surface area (Å²) in [6.07, 6.45) is 2.43. The molecule has 1 aliphatic rings. The second-order valence-electron chi connectivity index (χ2n) is 4.18. The van der Waals surface area contributed by atoms with Crippen LogP contribution < -0.4 is 4.74 Å². The molecular formula is C12H16N2O3. The molecule has 17 heavy (non-hydrogen) atoms. The monoisotopic (exact) mass is 236 g/mol. The molecule has 1 aromatic rings. The molecule has 92 valence electrons. The molecular weight excluding hydrogens is 220 g/mol. The van der Waals surface area contributed by atoms with E-state index in [0.29, 0.717) is 24.5 Å². The Kier molecular flexibility index (Phi) is 3.58. The molecule has 2 heterocycles. The summed E-state index contributed by atoms with van der Waals surface area (Å²) in [5.74, 6) is 0.623. The Hall–Kier alpha value is -1.62. The molecule has 1 N–H and O–H groups in total. The largest absolute Gasteiger partial charge is 0.481 e. The van der Waals surface area contributed by atoms with E-state index in [0.717, 1.165) is 6.42 Å². The minimum absolute atomic E-state index is 0.0262. The molecule has 0 saturated carbocycles. The SMILES string of the molecule is COc1cc(C(=O)N2CC[C@@H](CO)C2)ccn1. The predicted octanol–water partition coefficient (Wildman–Crippen LogP) is 0.545. The van der Waals surface area contributed by atoms with Gasteiger partial charge in [-0.2, -0.15) is 0 Å². The van der Waals surface area contributed by atoms with E-state index in [1.54, 1.807) is 23.2 Å². The summed E-state index contributed by atoms with van der Waals surface area (Å²) >= 11 is 0. The van der Waals surface area contributed by atoms with Gasteiger partial charge in [0.05, 0.1) is 7.11 Å². The average molecular weight is 236 g/mol. The van der Waals surface area contributed by atoms with E-state index >= 15 is 0 Å². The number of rotatable bonds is 3. The smallest absolute Gasteiger partial charge is 0.254 e. The van der Waals surface area contributed by atoms with Crippen molar-refractivity contribution >= 4 is 5.91 Å². The molecule has 0 unspecified atom stereocenters. The highest BCUT2D eigenvalue weighted by Crippen LogP contribution is 2.19. The van der Waals surface area contributed by atoms with Gasteiger partial charge in [0.2, 0.25) is 5.88 Å². The second-order valence-corrected chi connectivity index (χ2v) is 4.18. The van der Waals surface area contributed by atoms with E-state index in [4.69, 9.17) is 9.84 Å². The lowest BCUT2D eigenvalue weighted by Crippen LogP contribution is -2.29. The maximum Gasteiger partial charge on any atom is 0.254 e. The van der Waals surface area contributed by atoms with E-state index in [-0.39, 0.29) is 18.4 Å². The molecule has 1 fully saturated rings. The van der Waals surface area contributed by atoms with Crippen molar-refractivity contribution < 1.29 is 14.6 Å². The van der Waals surface area contributed by atoms with Crippen LogP contribution >= 0.6 is 0 Å². The zero-order chi connectivity index (χ0) is 12.3. The van der Waals surface area contributed by atoms with Gasteiger partial charge >= 0.3 is 0 Å². The van der Waals surface area contributed by atoms with Crippen LogP contribution in [0.3, 0.4) is 0 Å². The number of nitrogens with zero attached hydrogens (tertiary/aromatic N) is 2. The van der Waals surface area contributed by atoms with E-state index < -0.39 is 0 Å². The Bertz CT molecular complexity index is 408. The van der Waals surface area contributed by atoms with Gasteiger partial charge in [-0.1, -0.05) is 0 Å². The van der Waals surface area contributed by atoms with Crippen molar-refractivity contribution in [2.45, 2.75) is 6.42 Å². The molecule has 0 radical (unpaired) electrons. The van der Waals surface area contributed by atoms with Crippen molar-refractivity contribution in [3.63, 3.8) is 0 Å². The first-order chi connectivity index (χ1) is 8.24. The molecule has 2 rings (SSSR count). The number of hydrogen-bond acceptors (Lipinski definition) is 4. The van der Waals surface area contributed by atoms with Crippen LogP contribution in [0.15, 0.2) is 18.3 Å². The third-order valence-corrected chi connectivity index (χ3v) is 3.02. The van der Waals surface area contributed by atoms with Gasteiger partial charge in [-0.15, -0.1) is 0 Å². The zero-order valence-corrected chi connectivity index (χ0v) is 9.80. The number of ether oxygens (including phenoxy) is 1. The van der Waals surface area contributed by atoms with Crippen LogP contribution in [0.1, 0.15) is 16.8 Å². The lowest BCUT2D eigenvalue weighted by atomic mass is 10.1. The summed E-state index contributed by atoms with van der Waals surface area (Å²) in [5, 5.41) is 9.05. The number of amides is 1. The first-order valence-corrected chi connectivity index (χ1v) is 5.64. The molecule has 0 aromatic carbocycles. The minimum atomic E-state index is -0.0262. The summed E-state index contributed by atoms with van der Waals surface area (Å²) in [4.78, 5) is 17.9. The number of pyridine rings is 1. The highest BCUT2D eigenvalue weighted by molar-refractivity contribution is 5.94. The van der Waals surface area contributed by atoms with Crippen molar-refractivity contribution in [1.29, 1.82) is 0 Å². The Morgan fingerprint density at radius 3 is 3.18 bits per heavy atom. The summed E-state index contributed by atoms with van der Waals surface area (Å²) in [6.45, 7) is 1.47. The van der Waals surface area contributed by atoms with Crippen molar-refractivity contribution in [2.75, 3.05) is 26.8 Å². The number of aliphatic hydroxyl groups is 1. The van der Waals surface area contributed by atoms with Crippen LogP contribution in [-0.2, 0) is 0 Å². The molecule has 1 amide bonds. The third-order valence-electron chi connectivity index (χ3n) is 3.02. The van der Waals surface area contributed by atoms with Gasteiger partial charge in [-0.25, -0.2) is 4.98 Å². The lowest BCUT2D eigenvalue weighted by molar-refractivity contribution is 0.0781. The fourth-order valence-corrected chi connectivity index (χ4v) is 2.00. The standard InChI is InChI=1S/C12H16N2O3/c1-17-11-6-10(2-4-13-11)12(16)14-5-3-9(7-14)8-15/h2,4,6,9,15H,3,5,7-8H2,1H3/t9-/m1/s1. The van der Waals surface area contributed by atoms with Crippen LogP contribution in [0.5, 0.6) is 5.88 Å². The molecule has 0 aliphatic carbocycles. The molecule has 1 saturated heterocycles. The molecule has 1 aliphatic heterocycles. The summed E-state index contributed by atoms with van der Waals surface area (Å²) in [7, 11) is 1.52. The normalized spacial score (nSPS) is 19.4. The fraction of sp³-hybridized carbons (Fsp3) is 0.500. The van der Waals surface area contributed by atoms with Gasteiger partial charge in [-0.3, -0.25) is 4.79 Å². The van der Waals surface area contributed by atoms with Crippen LogP contribution in [0.25, 0.3) is 0 Å². The Morgan fingerprint density at radius 2 is 2.53 bits per heavy atom. The molecule has 5 heteroatoms. The lowest BCUT2D eigenvalue weighted by Gasteiger charge is -2.16. The maximum absolute atomic E-state index is 12.1. The number of hydrogen-bond donors (Lipinski definition) is 1. The van der Waals surface area contributed by atoms with Crippen molar-refractivity contribution in [3.8, 4) is 5.88 Å². The van der Waals surface area contributed by atoms with Gasteiger partial charge < -0.3 is 14.7 Å². The number of carbonyl (C=O) groups is 1. The molecule has 1 aromatic heterocycles. The Morgan fingerprint density at radius 1 is 1.71 bits per heavy atom. The number of methoxy groups -OCH3 is 1. The van der Waals surface area contributed by atoms with Crippen molar-refractivity contribution in [2.24, 2.45) is 5.92 Å². The second kappa shape index (κ2) is 5.14. The quantitative estimate of drug-likeness (QED) is 0.832. The first kappa shape index (κ1) is 11.9. The molecule has 1 atom stereocenters. The van der Waals surface area contributed by atoms with Gasteiger partial charge in [0.1, 0.15) is 0 Å². The first-order valence-electron chi connectivity index (χ1n) is 5.64. The maximum atomic E-state index is 12.1. The van der Waals surface area contributed by atoms with Crippen LogP contribution in [0.2, 0.25) is 0 Å². The fourth-order valence-electron chi connectivity index (χ4n) is 2.00. The van der Waals surface area contributed by atoms with Gasteiger partial charge in [-0.05, 0) is 12.5 Å². The topological polar surface area (TPSA) is 62.7 Å². The van der Waals surface area contributed by atoms with Crippen LogP contribution in [0, 0.1) is 5.92 Å². The minimum Gasteiger partial charge on any atom is -0.481 e. The number of likely N-dealkylation sites (tertiary alicyclic amines) is 1. The van der Waals surface area contributed by atoms with E-state index in [9.17, 15) is 4.79 Å². The summed E-state index contributed by atoms with van der Waals surface area (Å²) < 4.78 is 4.99. The molecule has 0 bridgehead atoms. The third kappa shape index (κ3) is 2.55. The predicted molar refractivity (Wildman–Crippen MR) is 61.9 cm³/mol. The number of aromatic nitrogens is 1. The number of carbonyl (C=O) groups excluding carboxylic acids is 1. The molecule has 5 nitrogen and oxygen atoms in total. The van der Waals surface area contributed by atoms with Crippen molar-refractivity contribution in [3.05, 3.63) is 23.9 Å². The van der Waals surface area contributed by atoms with Gasteiger partial charge in [0, 0.05) is 43.4 Å². The summed E-state index contributed by atoms with van der Waals surface area (Å²) in [6, 6.07) is 3.31. The average Bonchev–Trinajstić information content (AvgIpc) is 2.86. The highest BCUT2D eigenvalue weighted by Gasteiger charge is 2.26. The summed E-state index contributed by atoms with van der Waals surface area (Å²) in [5.41, 5.74) is 0.579. The van der Waals surface area contributed by atoms with E-state index in [2.05, 4.69) is 4.98 Å². The van der Waals surface area contributed by atoms with Crippen LogP contribution in [-0.4, -0.2) is 47.7 Å². The Balaban J connectivity index is 2.09. The van der Waals surface area contributed by atoms with Crippen LogP contribution in [0.4, 0.5) is 0 Å². The van der Waals surface area contributed by atoms with E-state index in [1.165, 1.54) is 7.11 Å². The zero-order valence-electron chi connectivity index (χ0n) is 9.80. The van der Waals surface area contributed by atoms with Crippen molar-refractivity contribution in [1.82, 2.24) is 9.88 Å². The highest BCUT2D eigenvalue weighted by atomic mass is 16.5.